The minimum absolute atomic E-state index is 0.0417. The zero-order valence-electron chi connectivity index (χ0n) is 24.5. The number of ether oxygens (including phenoxy) is 5. The molecule has 2 N–H and O–H groups in total. The molecule has 0 saturated heterocycles. The summed E-state index contributed by atoms with van der Waals surface area (Å²) in [5.74, 6) is -2.09. The molecule has 0 aliphatic rings. The lowest BCUT2D eigenvalue weighted by Gasteiger charge is -2.19. The second kappa shape index (κ2) is 16.7. The molecule has 2 unspecified atom stereocenters. The third kappa shape index (κ3) is 12.1. The molecule has 0 bridgehead atoms. The topological polar surface area (TPSA) is 140 Å². The molecule has 0 amide bonds. The van der Waals surface area contributed by atoms with Crippen LogP contribution in [0.15, 0.2) is 18.2 Å². The van der Waals surface area contributed by atoms with E-state index in [2.05, 4.69) is 0 Å². The number of carbonyl (C=O) groups excluding carboxylic acids is 4. The molecule has 0 aromatic heterocycles. The molecule has 0 spiro atoms. The van der Waals surface area contributed by atoms with Gasteiger partial charge in [0.2, 0.25) is 0 Å². The van der Waals surface area contributed by atoms with Crippen molar-refractivity contribution < 1.29 is 42.9 Å². The number of rotatable bonds is 15. The summed E-state index contributed by atoms with van der Waals surface area (Å²) in [5.41, 5.74) is 6.63. The van der Waals surface area contributed by atoms with Crippen molar-refractivity contribution in [3.63, 3.8) is 0 Å². The van der Waals surface area contributed by atoms with Crippen LogP contribution in [-0.2, 0) is 35.0 Å². The fourth-order valence-corrected chi connectivity index (χ4v) is 2.97. The molecule has 39 heavy (non-hydrogen) atoms. The number of benzene rings is 1. The predicted octanol–water partition coefficient (Wildman–Crippen LogP) is 4.84. The summed E-state index contributed by atoms with van der Waals surface area (Å²) in [6.07, 6.45) is 0.110. The Kier molecular flexibility index (Phi) is 14.5. The van der Waals surface area contributed by atoms with E-state index >= 15 is 0 Å². The molecular formula is C29H45NO9. The SMILES string of the molecule is CCCCOC(=O)OC[C@H](C)OC(=O)[C@@H](N)Cc1ccc(OC(=O)C(C)C(C)C)c(OC(=O)C(C)C(C)C)c1. The number of hydrogen-bond donors (Lipinski definition) is 1. The Labute approximate surface area is 231 Å². The van der Waals surface area contributed by atoms with Crippen molar-refractivity contribution in [3.8, 4) is 11.5 Å². The third-order valence-electron chi connectivity index (χ3n) is 6.40. The maximum atomic E-state index is 12.7. The number of hydrogen-bond acceptors (Lipinski definition) is 10. The molecule has 10 heteroatoms. The maximum Gasteiger partial charge on any atom is 0.508 e. The molecule has 0 aliphatic heterocycles. The van der Waals surface area contributed by atoms with Crippen LogP contribution >= 0.6 is 0 Å². The van der Waals surface area contributed by atoms with Crippen LogP contribution in [0.5, 0.6) is 11.5 Å². The molecule has 220 valence electrons. The molecule has 0 fully saturated rings. The van der Waals surface area contributed by atoms with Gasteiger partial charge in [-0.2, -0.15) is 0 Å². The Morgan fingerprint density at radius 2 is 1.36 bits per heavy atom. The molecule has 1 aromatic rings. The van der Waals surface area contributed by atoms with Crippen LogP contribution in [0.1, 0.15) is 73.8 Å². The van der Waals surface area contributed by atoms with Crippen LogP contribution in [0.3, 0.4) is 0 Å². The average Bonchev–Trinajstić information content (AvgIpc) is 2.87. The van der Waals surface area contributed by atoms with E-state index < -0.39 is 42.1 Å². The van der Waals surface area contributed by atoms with Gasteiger partial charge in [-0.25, -0.2) is 4.79 Å². The number of carbonyl (C=O) groups is 4. The maximum absolute atomic E-state index is 12.7. The Balaban J connectivity index is 2.91. The first-order chi connectivity index (χ1) is 18.3. The second-order valence-electron chi connectivity index (χ2n) is 10.5. The Hall–Kier alpha value is -3.14. The average molecular weight is 552 g/mol. The van der Waals surface area contributed by atoms with Crippen LogP contribution in [0.4, 0.5) is 4.79 Å². The van der Waals surface area contributed by atoms with Gasteiger partial charge in [-0.05, 0) is 49.3 Å². The van der Waals surface area contributed by atoms with Gasteiger partial charge in [0.05, 0.1) is 18.4 Å². The highest BCUT2D eigenvalue weighted by Gasteiger charge is 2.25. The van der Waals surface area contributed by atoms with Gasteiger partial charge >= 0.3 is 24.1 Å². The first-order valence-electron chi connectivity index (χ1n) is 13.6. The van der Waals surface area contributed by atoms with Crippen molar-refractivity contribution >= 4 is 24.1 Å². The molecule has 0 radical (unpaired) electrons. The van der Waals surface area contributed by atoms with E-state index in [4.69, 9.17) is 29.4 Å². The number of nitrogens with two attached hydrogens (primary N) is 1. The zero-order valence-corrected chi connectivity index (χ0v) is 24.5. The number of esters is 3. The van der Waals surface area contributed by atoms with E-state index in [9.17, 15) is 19.2 Å². The molecule has 0 heterocycles. The highest BCUT2D eigenvalue weighted by molar-refractivity contribution is 5.79. The van der Waals surface area contributed by atoms with E-state index in [1.54, 1.807) is 26.8 Å². The molecule has 1 rings (SSSR count). The van der Waals surface area contributed by atoms with Crippen LogP contribution < -0.4 is 15.2 Å². The summed E-state index contributed by atoms with van der Waals surface area (Å²) in [4.78, 5) is 49.3. The molecule has 0 saturated carbocycles. The van der Waals surface area contributed by atoms with Crippen molar-refractivity contribution in [2.24, 2.45) is 29.4 Å². The lowest BCUT2D eigenvalue weighted by molar-refractivity contribution is -0.152. The van der Waals surface area contributed by atoms with Crippen molar-refractivity contribution in [3.05, 3.63) is 23.8 Å². The van der Waals surface area contributed by atoms with Gasteiger partial charge in [0, 0.05) is 0 Å². The van der Waals surface area contributed by atoms with E-state index in [0.29, 0.717) is 5.56 Å². The van der Waals surface area contributed by atoms with Crippen LogP contribution in [0.25, 0.3) is 0 Å². The summed E-state index contributed by atoms with van der Waals surface area (Å²) >= 11 is 0. The van der Waals surface area contributed by atoms with Gasteiger partial charge in [0.15, 0.2) is 11.5 Å². The van der Waals surface area contributed by atoms with Gasteiger partial charge in [0.1, 0.15) is 18.8 Å². The first kappa shape index (κ1) is 33.9. The van der Waals surface area contributed by atoms with E-state index in [1.165, 1.54) is 12.1 Å². The largest absolute Gasteiger partial charge is 0.508 e. The standard InChI is InChI=1S/C29H45NO9/c1-9-10-13-35-29(34)36-16-19(6)37-28(33)23(30)14-22-11-12-24(38-26(31)20(7)17(2)3)25(15-22)39-27(32)21(8)18(4)5/h11-12,15,17-21,23H,9-10,13-14,16,30H2,1-8H3/t19-,20?,21?,23-/m0/s1. The predicted molar refractivity (Wildman–Crippen MR) is 145 cm³/mol. The van der Waals surface area contributed by atoms with Crippen LogP contribution in [0, 0.1) is 23.7 Å². The minimum atomic E-state index is -1.04. The normalized spacial score (nSPS) is 14.2. The van der Waals surface area contributed by atoms with E-state index in [-0.39, 0.29) is 48.9 Å². The van der Waals surface area contributed by atoms with E-state index in [0.717, 1.165) is 12.8 Å². The lowest BCUT2D eigenvalue weighted by atomic mass is 9.98. The van der Waals surface area contributed by atoms with Crippen LogP contribution in [0.2, 0.25) is 0 Å². The van der Waals surface area contributed by atoms with Gasteiger partial charge in [-0.3, -0.25) is 14.4 Å². The molecule has 1 aromatic carbocycles. The summed E-state index contributed by atoms with van der Waals surface area (Å²) in [6.45, 7) is 14.8. The highest BCUT2D eigenvalue weighted by Crippen LogP contribution is 2.31. The molecule has 10 nitrogen and oxygen atoms in total. The molecular weight excluding hydrogens is 506 g/mol. The highest BCUT2D eigenvalue weighted by atomic mass is 16.7. The van der Waals surface area contributed by atoms with Gasteiger partial charge in [-0.15, -0.1) is 0 Å². The van der Waals surface area contributed by atoms with Gasteiger partial charge < -0.3 is 29.4 Å². The fraction of sp³-hybridized carbons (Fsp3) is 0.655. The van der Waals surface area contributed by atoms with Crippen molar-refractivity contribution in [2.45, 2.75) is 86.8 Å². The van der Waals surface area contributed by atoms with Crippen LogP contribution in [-0.4, -0.2) is 49.4 Å². The van der Waals surface area contributed by atoms with Crippen molar-refractivity contribution in [1.82, 2.24) is 0 Å². The third-order valence-corrected chi connectivity index (χ3v) is 6.40. The Bertz CT molecular complexity index is 960. The first-order valence-corrected chi connectivity index (χ1v) is 13.6. The zero-order chi connectivity index (χ0) is 29.7. The smallest absolute Gasteiger partial charge is 0.458 e. The van der Waals surface area contributed by atoms with Crippen molar-refractivity contribution in [2.75, 3.05) is 13.2 Å². The van der Waals surface area contributed by atoms with Gasteiger partial charge in [0.25, 0.3) is 0 Å². The summed E-state index contributed by atoms with van der Waals surface area (Å²) in [6, 6.07) is 3.63. The summed E-state index contributed by atoms with van der Waals surface area (Å²) in [5, 5.41) is 0. The fourth-order valence-electron chi connectivity index (χ4n) is 2.97. The quantitative estimate of drug-likeness (QED) is 0.183. The molecule has 4 atom stereocenters. The second-order valence-corrected chi connectivity index (χ2v) is 10.5. The molecule has 0 aliphatic carbocycles. The summed E-state index contributed by atoms with van der Waals surface area (Å²) in [7, 11) is 0. The minimum Gasteiger partial charge on any atom is -0.458 e. The Morgan fingerprint density at radius 1 is 0.795 bits per heavy atom. The lowest BCUT2D eigenvalue weighted by Crippen LogP contribution is -2.37. The summed E-state index contributed by atoms with van der Waals surface area (Å²) < 4.78 is 26.3. The van der Waals surface area contributed by atoms with Crippen molar-refractivity contribution in [1.29, 1.82) is 0 Å². The number of unbranched alkanes of at least 4 members (excludes halogenated alkanes) is 1. The van der Waals surface area contributed by atoms with E-state index in [1.807, 2.05) is 34.6 Å². The van der Waals surface area contributed by atoms with Gasteiger partial charge in [-0.1, -0.05) is 61.0 Å². The monoisotopic (exact) mass is 551 g/mol. The Morgan fingerprint density at radius 3 is 1.90 bits per heavy atom.